The third-order valence-corrected chi connectivity index (χ3v) is 2.94. The molecule has 0 aliphatic heterocycles. The Morgan fingerprint density at radius 2 is 0.909 bits per heavy atom. The molecule has 0 saturated carbocycles. The van der Waals surface area contributed by atoms with E-state index in [1.54, 1.807) is 0 Å². The van der Waals surface area contributed by atoms with Gasteiger partial charge in [0.05, 0.1) is 25.3 Å². The van der Waals surface area contributed by atoms with Crippen LogP contribution in [-0.2, 0) is 0 Å². The van der Waals surface area contributed by atoms with Gasteiger partial charge in [0.1, 0.15) is 11.5 Å². The van der Waals surface area contributed by atoms with E-state index in [1.165, 1.54) is 0 Å². The summed E-state index contributed by atoms with van der Waals surface area (Å²) in [5.74, 6) is -11.9. The second-order valence-corrected chi connectivity index (χ2v) is 4.13. The predicted octanol–water partition coefficient (Wildman–Crippen LogP) is 4.21. The molecular weight excluding hydrogens is 314 g/mol. The molecule has 0 aliphatic rings. The highest BCUT2D eigenvalue weighted by molar-refractivity contribution is 5.77. The Morgan fingerprint density at radius 1 is 0.591 bits per heavy atom. The van der Waals surface area contributed by atoms with Gasteiger partial charge in [0, 0.05) is 12.1 Å². The fourth-order valence-electron chi connectivity index (χ4n) is 1.93. The van der Waals surface area contributed by atoms with Gasteiger partial charge in [0.25, 0.3) is 0 Å². The van der Waals surface area contributed by atoms with Crippen molar-refractivity contribution < 1.29 is 35.8 Å². The number of rotatable bonds is 3. The predicted molar refractivity (Wildman–Crippen MR) is 64.7 cm³/mol. The fourth-order valence-corrected chi connectivity index (χ4v) is 1.93. The van der Waals surface area contributed by atoms with Crippen LogP contribution in [0.25, 0.3) is 11.1 Å². The van der Waals surface area contributed by atoms with E-state index >= 15 is 0 Å². The van der Waals surface area contributed by atoms with E-state index in [1.807, 2.05) is 0 Å². The van der Waals surface area contributed by atoms with Crippen LogP contribution in [0.1, 0.15) is 0 Å². The van der Waals surface area contributed by atoms with Crippen LogP contribution in [0.5, 0.6) is 11.5 Å². The van der Waals surface area contributed by atoms with E-state index in [0.29, 0.717) is 12.1 Å². The minimum atomic E-state index is -1.91. The normalized spacial score (nSPS) is 10.7. The number of halogens is 6. The van der Waals surface area contributed by atoms with Crippen molar-refractivity contribution in [2.24, 2.45) is 0 Å². The Morgan fingerprint density at radius 3 is 1.18 bits per heavy atom. The summed E-state index contributed by atoms with van der Waals surface area (Å²) in [6, 6.07) is 0.905. The van der Waals surface area contributed by atoms with Gasteiger partial charge in [-0.3, -0.25) is 0 Å². The molecule has 2 aromatic carbocycles. The average Bonchev–Trinajstić information content (AvgIpc) is 2.50. The van der Waals surface area contributed by atoms with Crippen molar-refractivity contribution in [3.63, 3.8) is 0 Å². The van der Waals surface area contributed by atoms with E-state index in [9.17, 15) is 26.3 Å². The molecule has 0 aromatic heterocycles. The number of hydrogen-bond donors (Lipinski definition) is 0. The zero-order chi connectivity index (χ0) is 16.6. The van der Waals surface area contributed by atoms with Crippen LogP contribution >= 0.6 is 0 Å². The van der Waals surface area contributed by atoms with Crippen LogP contribution in [0.15, 0.2) is 12.1 Å². The summed E-state index contributed by atoms with van der Waals surface area (Å²) in [7, 11) is 1.97. The molecule has 0 heterocycles. The summed E-state index contributed by atoms with van der Waals surface area (Å²) in [5.41, 5.74) is -1.84. The topological polar surface area (TPSA) is 18.5 Å². The Bertz CT molecular complexity index is 682. The van der Waals surface area contributed by atoms with Crippen molar-refractivity contribution in [1.29, 1.82) is 0 Å². The lowest BCUT2D eigenvalue weighted by Gasteiger charge is -2.15. The zero-order valence-electron chi connectivity index (χ0n) is 11.2. The molecule has 0 amide bonds. The van der Waals surface area contributed by atoms with Crippen molar-refractivity contribution in [2.45, 2.75) is 0 Å². The van der Waals surface area contributed by atoms with Crippen LogP contribution in [0.2, 0.25) is 0 Å². The summed E-state index contributed by atoms with van der Waals surface area (Å²) in [4.78, 5) is 0. The molecule has 0 N–H and O–H groups in total. The highest BCUT2D eigenvalue weighted by Gasteiger charge is 2.29. The first kappa shape index (κ1) is 16.0. The molecule has 22 heavy (non-hydrogen) atoms. The second-order valence-electron chi connectivity index (χ2n) is 4.13. The molecule has 0 unspecified atom stereocenters. The van der Waals surface area contributed by atoms with Gasteiger partial charge in [0.2, 0.25) is 0 Å². The molecule has 0 radical (unpaired) electrons. The molecule has 0 atom stereocenters. The Labute approximate surface area is 120 Å². The number of hydrogen-bond acceptors (Lipinski definition) is 2. The summed E-state index contributed by atoms with van der Waals surface area (Å²) in [6.45, 7) is 0. The lowest BCUT2D eigenvalue weighted by atomic mass is 10.0. The molecule has 0 bridgehead atoms. The molecule has 2 nitrogen and oxygen atoms in total. The van der Waals surface area contributed by atoms with Gasteiger partial charge in [-0.2, -0.15) is 0 Å². The Hall–Kier alpha value is -2.38. The molecule has 118 valence electrons. The highest BCUT2D eigenvalue weighted by atomic mass is 19.2. The first-order chi connectivity index (χ1) is 10.3. The summed E-state index contributed by atoms with van der Waals surface area (Å²) in [5, 5.41) is 0. The first-order valence-corrected chi connectivity index (χ1v) is 5.76. The van der Waals surface area contributed by atoms with Gasteiger partial charge in [-0.05, 0) is 0 Å². The summed E-state index contributed by atoms with van der Waals surface area (Å²) in [6.07, 6.45) is 0. The maximum Gasteiger partial charge on any atom is 0.195 e. The third kappa shape index (κ3) is 2.34. The first-order valence-electron chi connectivity index (χ1n) is 5.76. The molecule has 0 fully saturated rings. The monoisotopic (exact) mass is 322 g/mol. The maximum absolute atomic E-state index is 14.0. The minimum Gasteiger partial charge on any atom is -0.496 e. The highest BCUT2D eigenvalue weighted by Crippen LogP contribution is 2.42. The SMILES string of the molecule is COc1cc(F)c(F)c(F)c1-c1c(OC)cc(F)c(F)c1F. The largest absolute Gasteiger partial charge is 0.496 e. The zero-order valence-corrected chi connectivity index (χ0v) is 11.2. The lowest BCUT2D eigenvalue weighted by molar-refractivity contribution is 0.383. The molecule has 0 saturated heterocycles. The van der Waals surface area contributed by atoms with E-state index < -0.39 is 57.5 Å². The molecule has 2 rings (SSSR count). The molecule has 0 aliphatic carbocycles. The van der Waals surface area contributed by atoms with Crippen molar-refractivity contribution in [3.05, 3.63) is 47.0 Å². The Kier molecular flexibility index (Phi) is 4.20. The van der Waals surface area contributed by atoms with Crippen molar-refractivity contribution in [3.8, 4) is 22.6 Å². The van der Waals surface area contributed by atoms with Crippen molar-refractivity contribution in [2.75, 3.05) is 14.2 Å². The van der Waals surface area contributed by atoms with Crippen LogP contribution in [0.4, 0.5) is 26.3 Å². The Balaban J connectivity index is 2.94. The second kappa shape index (κ2) is 5.78. The summed E-state index contributed by atoms with van der Waals surface area (Å²) < 4.78 is 90.5. The molecule has 0 spiro atoms. The standard InChI is InChI=1S/C14H8F6O2/c1-21-7-3-5(15)11(17)13(19)9(7)10-8(22-2)4-6(16)12(18)14(10)20/h3-4H,1-2H3. The van der Waals surface area contributed by atoms with E-state index in [-0.39, 0.29) is 0 Å². The number of methoxy groups -OCH3 is 2. The molecule has 2 aromatic rings. The fraction of sp³-hybridized carbons (Fsp3) is 0.143. The minimum absolute atomic E-state index is 0.452. The molecular formula is C14H8F6O2. The van der Waals surface area contributed by atoms with Crippen LogP contribution in [-0.4, -0.2) is 14.2 Å². The van der Waals surface area contributed by atoms with Gasteiger partial charge in [-0.1, -0.05) is 0 Å². The third-order valence-electron chi connectivity index (χ3n) is 2.94. The van der Waals surface area contributed by atoms with E-state index in [4.69, 9.17) is 0 Å². The lowest BCUT2D eigenvalue weighted by Crippen LogP contribution is -2.04. The van der Waals surface area contributed by atoms with Gasteiger partial charge in [0.15, 0.2) is 34.9 Å². The number of ether oxygens (including phenoxy) is 2. The quantitative estimate of drug-likeness (QED) is 0.623. The van der Waals surface area contributed by atoms with Gasteiger partial charge in [-0.25, -0.2) is 26.3 Å². The van der Waals surface area contributed by atoms with Crippen molar-refractivity contribution >= 4 is 0 Å². The van der Waals surface area contributed by atoms with Crippen LogP contribution in [0, 0.1) is 34.9 Å². The van der Waals surface area contributed by atoms with Gasteiger partial charge < -0.3 is 9.47 Å². The average molecular weight is 322 g/mol. The van der Waals surface area contributed by atoms with E-state index in [0.717, 1.165) is 14.2 Å². The summed E-state index contributed by atoms with van der Waals surface area (Å²) >= 11 is 0. The number of benzene rings is 2. The van der Waals surface area contributed by atoms with Crippen molar-refractivity contribution in [1.82, 2.24) is 0 Å². The van der Waals surface area contributed by atoms with Crippen LogP contribution < -0.4 is 9.47 Å². The van der Waals surface area contributed by atoms with Gasteiger partial charge in [-0.15, -0.1) is 0 Å². The van der Waals surface area contributed by atoms with Crippen LogP contribution in [0.3, 0.4) is 0 Å². The van der Waals surface area contributed by atoms with E-state index in [2.05, 4.69) is 9.47 Å². The van der Waals surface area contributed by atoms with Gasteiger partial charge >= 0.3 is 0 Å². The smallest absolute Gasteiger partial charge is 0.195 e. The molecule has 8 heteroatoms. The maximum atomic E-state index is 14.0.